The summed E-state index contributed by atoms with van der Waals surface area (Å²) < 4.78 is 10.5. The number of hydrogen-bond acceptors (Lipinski definition) is 3. The Balaban J connectivity index is 1.43. The molecule has 1 aromatic carbocycles. The molecule has 0 saturated carbocycles. The molecule has 1 saturated heterocycles. The molecule has 1 aromatic rings. The Hall–Kier alpha value is 0.190. The van der Waals surface area contributed by atoms with Crippen LogP contribution in [0.4, 0.5) is 0 Å². The number of rotatable bonds is 3. The molecule has 3 unspecified atom stereocenters. The quantitative estimate of drug-likeness (QED) is 0.296. The van der Waals surface area contributed by atoms with Gasteiger partial charge in [-0.2, -0.15) is 0 Å². The van der Waals surface area contributed by atoms with Gasteiger partial charge in [-0.3, -0.25) is 0 Å². The van der Waals surface area contributed by atoms with Crippen molar-refractivity contribution >= 4 is 43.9 Å². The molecule has 3 heterocycles. The molecule has 0 spiro atoms. The van der Waals surface area contributed by atoms with Gasteiger partial charge < -0.3 is 0 Å². The van der Waals surface area contributed by atoms with E-state index in [2.05, 4.69) is 25.2 Å². The molecule has 0 radical (unpaired) electrons. The summed E-state index contributed by atoms with van der Waals surface area (Å²) in [5.41, 5.74) is 3.14. The molecule has 6 heteroatoms. The van der Waals surface area contributed by atoms with Crippen molar-refractivity contribution in [3.05, 3.63) is 53.1 Å². The van der Waals surface area contributed by atoms with Crippen LogP contribution in [0.25, 0.3) is 0 Å². The van der Waals surface area contributed by atoms with E-state index in [-0.39, 0.29) is 50.1 Å². The molecule has 4 aliphatic rings. The van der Waals surface area contributed by atoms with Crippen molar-refractivity contribution < 1.29 is 31.9 Å². The number of hydrogen-bond donors (Lipinski definition) is 1. The third-order valence-corrected chi connectivity index (χ3v) is 22.1. The standard InChI is InChI=1S/C22H24I3O3/c1-2-13-8-10-25(11-9-13)22(27)14-6-7-17-16(12-14)20-19-15(21(26)24-23-20)4-3-5-18(19)28-17/h3-7,12-13,16-17,22,27H,2,8-11H2,1H3/q-1. The SMILES string of the molecule is CCC1CCI(C(O)C2=CC3C4=I[I-]C(=O)c5cccc(c54)OC3C=C2)CC1. The normalized spacial score (nSPS) is 29.2. The molecule has 0 aromatic heterocycles. The van der Waals surface area contributed by atoms with Crippen molar-refractivity contribution in [3.63, 3.8) is 0 Å². The van der Waals surface area contributed by atoms with Gasteiger partial charge in [0.05, 0.1) is 0 Å². The molecule has 3 atom stereocenters. The second kappa shape index (κ2) is 8.37. The fourth-order valence-electron chi connectivity index (χ4n) is 4.34. The second-order valence-corrected chi connectivity index (χ2v) is 22.2. The third kappa shape index (κ3) is 3.57. The third-order valence-electron chi connectivity index (χ3n) is 6.08. The molecule has 0 amide bonds. The first-order valence-corrected chi connectivity index (χ1v) is 22.6. The minimum atomic E-state index is -1.35. The average molecular weight is 717 g/mol. The van der Waals surface area contributed by atoms with Crippen molar-refractivity contribution in [1.82, 2.24) is 0 Å². The molecule has 1 N–H and O–H groups in total. The van der Waals surface area contributed by atoms with Gasteiger partial charge in [0.15, 0.2) is 0 Å². The van der Waals surface area contributed by atoms with E-state index in [1.807, 2.05) is 18.2 Å². The van der Waals surface area contributed by atoms with E-state index in [1.54, 1.807) is 0 Å². The van der Waals surface area contributed by atoms with Crippen molar-refractivity contribution in [2.75, 3.05) is 8.86 Å². The van der Waals surface area contributed by atoms with E-state index in [4.69, 9.17) is 4.74 Å². The number of fused-ring (bicyclic) bond motifs is 2. The number of ether oxygens (including phenoxy) is 1. The van der Waals surface area contributed by atoms with Crippen molar-refractivity contribution in [3.8, 4) is 5.75 Å². The topological polar surface area (TPSA) is 46.5 Å². The maximum absolute atomic E-state index is 12.5. The first kappa shape index (κ1) is 20.1. The van der Waals surface area contributed by atoms with Crippen LogP contribution in [-0.4, -0.2) is 31.5 Å². The average Bonchev–Trinajstić information content (AvgIpc) is 2.75. The van der Waals surface area contributed by atoms with Crippen molar-refractivity contribution in [1.29, 1.82) is 0 Å². The minimum absolute atomic E-state index is 0.0326. The van der Waals surface area contributed by atoms with E-state index in [0.717, 1.165) is 28.4 Å². The summed E-state index contributed by atoms with van der Waals surface area (Å²) in [5, 5.41) is 11.2. The summed E-state index contributed by atoms with van der Waals surface area (Å²) in [5.74, 6) is 2.00. The van der Waals surface area contributed by atoms with Crippen LogP contribution < -0.4 is 22.0 Å². The summed E-state index contributed by atoms with van der Waals surface area (Å²) in [4.78, 5) is 12.5. The Morgan fingerprint density at radius 2 is 2.18 bits per heavy atom. The number of benzene rings is 1. The Bertz CT molecular complexity index is 896. The van der Waals surface area contributed by atoms with E-state index in [1.165, 1.54) is 31.6 Å². The summed E-state index contributed by atoms with van der Waals surface area (Å²) >= 11 is -1.93. The van der Waals surface area contributed by atoms with Crippen molar-refractivity contribution in [2.45, 2.75) is 36.4 Å². The van der Waals surface area contributed by atoms with E-state index in [9.17, 15) is 9.90 Å². The predicted molar refractivity (Wildman–Crippen MR) is 127 cm³/mol. The van der Waals surface area contributed by atoms with Gasteiger partial charge in [0.1, 0.15) is 0 Å². The Labute approximate surface area is 189 Å². The Kier molecular flexibility index (Phi) is 6.02. The van der Waals surface area contributed by atoms with E-state index in [0.29, 0.717) is 3.79 Å². The summed E-state index contributed by atoms with van der Waals surface area (Å²) in [6, 6.07) is 5.94. The van der Waals surface area contributed by atoms with Gasteiger partial charge in [-0.05, 0) is 0 Å². The van der Waals surface area contributed by atoms with E-state index < -0.39 is 19.8 Å². The molecule has 3 aliphatic heterocycles. The van der Waals surface area contributed by atoms with Gasteiger partial charge in [0.25, 0.3) is 0 Å². The summed E-state index contributed by atoms with van der Waals surface area (Å²) in [7, 11) is 0. The van der Waals surface area contributed by atoms with Crippen LogP contribution >= 0.6 is 36.6 Å². The first-order valence-electron chi connectivity index (χ1n) is 9.84. The zero-order valence-corrected chi connectivity index (χ0v) is 22.2. The van der Waals surface area contributed by atoms with Gasteiger partial charge in [0.2, 0.25) is 0 Å². The molecule has 28 heavy (non-hydrogen) atoms. The summed E-state index contributed by atoms with van der Waals surface area (Å²) in [6.45, 7) is 2.30. The number of aliphatic hydroxyl groups excluding tert-OH is 1. The molecular formula is C22H24I3O3-. The number of carbonyl (C=O) groups is 1. The monoisotopic (exact) mass is 717 g/mol. The van der Waals surface area contributed by atoms with Crippen LogP contribution in [0.15, 0.2) is 42.0 Å². The van der Waals surface area contributed by atoms with Crippen LogP contribution in [0.5, 0.6) is 5.75 Å². The van der Waals surface area contributed by atoms with Gasteiger partial charge in [-0.15, -0.1) is 0 Å². The molecule has 1 aliphatic carbocycles. The number of aliphatic hydroxyl groups is 1. The summed E-state index contributed by atoms with van der Waals surface area (Å²) in [6.07, 6.45) is 10.6. The Morgan fingerprint density at radius 3 is 2.96 bits per heavy atom. The van der Waals surface area contributed by atoms with E-state index >= 15 is 0 Å². The second-order valence-electron chi connectivity index (χ2n) is 7.64. The van der Waals surface area contributed by atoms with Crippen molar-refractivity contribution in [2.24, 2.45) is 11.8 Å². The zero-order valence-electron chi connectivity index (χ0n) is 15.7. The zero-order chi connectivity index (χ0) is 19.3. The van der Waals surface area contributed by atoms with Gasteiger partial charge in [-0.1, -0.05) is 0 Å². The predicted octanol–water partition coefficient (Wildman–Crippen LogP) is 1.85. The number of carbonyl (C=O) groups excluding carboxylic acids is 1. The first-order chi connectivity index (χ1) is 13.7. The molecule has 0 bridgehead atoms. The number of alkyl halides is 3. The molecule has 1 fully saturated rings. The van der Waals surface area contributed by atoms with Crippen LogP contribution in [0.2, 0.25) is 0 Å². The van der Waals surface area contributed by atoms with Crippen LogP contribution in [0, 0.1) is 11.8 Å². The molecular weight excluding hydrogens is 693 g/mol. The molecule has 152 valence electrons. The van der Waals surface area contributed by atoms with Gasteiger partial charge >= 0.3 is 192 Å². The molecule has 3 nitrogen and oxygen atoms in total. The fraction of sp³-hybridized carbons (Fsp3) is 0.455. The van der Waals surface area contributed by atoms with Crippen LogP contribution in [0.1, 0.15) is 42.1 Å². The maximum atomic E-state index is 12.5. The van der Waals surface area contributed by atoms with Gasteiger partial charge in [-0.25, -0.2) is 0 Å². The number of halogens is 3. The Morgan fingerprint density at radius 1 is 1.36 bits per heavy atom. The van der Waals surface area contributed by atoms with Crippen LogP contribution in [-0.2, 0) is 0 Å². The molecule has 5 rings (SSSR count). The van der Waals surface area contributed by atoms with Crippen LogP contribution in [0.3, 0.4) is 0 Å². The van der Waals surface area contributed by atoms with Gasteiger partial charge in [0, 0.05) is 0 Å². The fourth-order valence-corrected chi connectivity index (χ4v) is 20.9.